The van der Waals surface area contributed by atoms with Gasteiger partial charge in [0.15, 0.2) is 0 Å². The number of rotatable bonds is 7. The lowest BCUT2D eigenvalue weighted by molar-refractivity contribution is 0.313. The van der Waals surface area contributed by atoms with E-state index in [1.165, 1.54) is 16.7 Å². The first-order chi connectivity index (χ1) is 10.2. The Morgan fingerprint density at radius 3 is 2.38 bits per heavy atom. The van der Waals surface area contributed by atoms with Crippen molar-refractivity contribution in [3.05, 3.63) is 71.3 Å². The van der Waals surface area contributed by atoms with E-state index in [-0.39, 0.29) is 6.04 Å². The summed E-state index contributed by atoms with van der Waals surface area (Å²) in [7, 11) is 2.18. The monoisotopic (exact) mass is 282 g/mol. The van der Waals surface area contributed by atoms with E-state index >= 15 is 0 Å². The molecular weight excluding hydrogens is 256 g/mol. The molecule has 1 atom stereocenters. The average molecular weight is 282 g/mol. The molecule has 0 spiro atoms. The molecule has 0 bridgehead atoms. The van der Waals surface area contributed by atoms with Gasteiger partial charge in [0.25, 0.3) is 0 Å². The highest BCUT2D eigenvalue weighted by atomic mass is 15.1. The Morgan fingerprint density at radius 2 is 1.67 bits per heavy atom. The molecule has 0 radical (unpaired) electrons. The van der Waals surface area contributed by atoms with Gasteiger partial charge in [0.2, 0.25) is 0 Å². The smallest absolute Gasteiger partial charge is 0.0295 e. The van der Waals surface area contributed by atoms with Gasteiger partial charge >= 0.3 is 0 Å². The summed E-state index contributed by atoms with van der Waals surface area (Å²) in [6.07, 6.45) is 2.15. The van der Waals surface area contributed by atoms with E-state index in [9.17, 15) is 0 Å². The number of hydrogen-bond donors (Lipinski definition) is 1. The first-order valence-corrected chi connectivity index (χ1v) is 7.70. The number of nitrogens with zero attached hydrogens (tertiary/aromatic N) is 1. The van der Waals surface area contributed by atoms with Crippen molar-refractivity contribution in [1.29, 1.82) is 0 Å². The van der Waals surface area contributed by atoms with E-state index in [0.29, 0.717) is 0 Å². The van der Waals surface area contributed by atoms with Gasteiger partial charge in [-0.2, -0.15) is 0 Å². The number of nitrogens with two attached hydrogens (primary N) is 1. The number of benzene rings is 2. The van der Waals surface area contributed by atoms with Gasteiger partial charge in [-0.25, -0.2) is 0 Å². The third kappa shape index (κ3) is 5.00. The first-order valence-electron chi connectivity index (χ1n) is 7.70. The number of aryl methyl sites for hydroxylation is 1. The Morgan fingerprint density at radius 1 is 1.00 bits per heavy atom. The number of hydrogen-bond acceptors (Lipinski definition) is 2. The summed E-state index contributed by atoms with van der Waals surface area (Å²) in [6, 6.07) is 19.1. The van der Waals surface area contributed by atoms with Gasteiger partial charge in [-0.15, -0.1) is 0 Å². The van der Waals surface area contributed by atoms with Gasteiger partial charge in [0, 0.05) is 12.6 Å². The highest BCUT2D eigenvalue weighted by molar-refractivity contribution is 5.25. The molecule has 2 aromatic rings. The van der Waals surface area contributed by atoms with Crippen LogP contribution in [0.5, 0.6) is 0 Å². The van der Waals surface area contributed by atoms with Crippen LogP contribution in [0.2, 0.25) is 0 Å². The third-order valence-electron chi connectivity index (χ3n) is 3.98. The van der Waals surface area contributed by atoms with Crippen LogP contribution in [0.25, 0.3) is 0 Å². The molecule has 0 fully saturated rings. The summed E-state index contributed by atoms with van der Waals surface area (Å²) in [5.74, 6) is 0. The van der Waals surface area contributed by atoms with E-state index in [4.69, 9.17) is 5.73 Å². The standard InChI is InChI=1S/C19H26N2/c1-16-9-6-7-12-18(16)15-21(2)14-8-13-19(20)17-10-4-3-5-11-17/h3-7,9-12,19H,8,13-15,20H2,1-2H3. The lowest BCUT2D eigenvalue weighted by atomic mass is 10.0. The van der Waals surface area contributed by atoms with Gasteiger partial charge < -0.3 is 10.6 Å². The zero-order valence-corrected chi connectivity index (χ0v) is 13.1. The molecule has 2 rings (SSSR count). The Labute approximate surface area is 128 Å². The van der Waals surface area contributed by atoms with E-state index < -0.39 is 0 Å². The second kappa shape index (κ2) is 7.96. The third-order valence-corrected chi connectivity index (χ3v) is 3.98. The highest BCUT2D eigenvalue weighted by Gasteiger charge is 2.07. The van der Waals surface area contributed by atoms with Crippen molar-refractivity contribution in [2.45, 2.75) is 32.4 Å². The molecule has 0 aliphatic heterocycles. The van der Waals surface area contributed by atoms with Crippen LogP contribution in [0.4, 0.5) is 0 Å². The molecule has 21 heavy (non-hydrogen) atoms. The minimum Gasteiger partial charge on any atom is -0.324 e. The fourth-order valence-electron chi connectivity index (χ4n) is 2.61. The van der Waals surface area contributed by atoms with Crippen molar-refractivity contribution in [3.63, 3.8) is 0 Å². The molecular formula is C19H26N2. The molecule has 2 N–H and O–H groups in total. The van der Waals surface area contributed by atoms with Crippen LogP contribution in [0.15, 0.2) is 54.6 Å². The molecule has 0 amide bonds. The second-order valence-electron chi connectivity index (χ2n) is 5.82. The molecule has 2 heteroatoms. The molecule has 1 unspecified atom stereocenters. The van der Waals surface area contributed by atoms with Crippen LogP contribution in [0.3, 0.4) is 0 Å². The molecule has 2 aromatic carbocycles. The molecule has 0 heterocycles. The Kier molecular flexibility index (Phi) is 5.97. The fourth-order valence-corrected chi connectivity index (χ4v) is 2.61. The van der Waals surface area contributed by atoms with Gasteiger partial charge in [-0.3, -0.25) is 0 Å². The minimum atomic E-state index is 0.151. The van der Waals surface area contributed by atoms with Crippen molar-refractivity contribution in [3.8, 4) is 0 Å². The largest absolute Gasteiger partial charge is 0.324 e. The molecule has 112 valence electrons. The lowest BCUT2D eigenvalue weighted by Gasteiger charge is -2.19. The molecule has 0 saturated heterocycles. The zero-order chi connectivity index (χ0) is 15.1. The van der Waals surface area contributed by atoms with Crippen LogP contribution in [-0.2, 0) is 6.54 Å². The summed E-state index contributed by atoms with van der Waals surface area (Å²) in [4.78, 5) is 2.38. The Bertz CT molecular complexity index is 536. The molecule has 0 saturated carbocycles. The normalized spacial score (nSPS) is 12.6. The van der Waals surface area contributed by atoms with E-state index in [0.717, 1.165) is 25.9 Å². The average Bonchev–Trinajstić information content (AvgIpc) is 2.50. The van der Waals surface area contributed by atoms with Crippen molar-refractivity contribution >= 4 is 0 Å². The van der Waals surface area contributed by atoms with E-state index in [2.05, 4.69) is 67.4 Å². The summed E-state index contributed by atoms with van der Waals surface area (Å²) in [6.45, 7) is 4.26. The highest BCUT2D eigenvalue weighted by Crippen LogP contribution is 2.16. The topological polar surface area (TPSA) is 29.3 Å². The van der Waals surface area contributed by atoms with Crippen molar-refractivity contribution in [2.75, 3.05) is 13.6 Å². The lowest BCUT2D eigenvalue weighted by Crippen LogP contribution is -2.21. The zero-order valence-electron chi connectivity index (χ0n) is 13.1. The van der Waals surface area contributed by atoms with Crippen molar-refractivity contribution in [2.24, 2.45) is 5.73 Å². The van der Waals surface area contributed by atoms with E-state index in [1.807, 2.05) is 6.07 Å². The molecule has 0 aliphatic carbocycles. The molecule has 0 aromatic heterocycles. The van der Waals surface area contributed by atoms with Crippen molar-refractivity contribution in [1.82, 2.24) is 4.90 Å². The second-order valence-corrected chi connectivity index (χ2v) is 5.82. The quantitative estimate of drug-likeness (QED) is 0.834. The summed E-state index contributed by atoms with van der Waals surface area (Å²) < 4.78 is 0. The summed E-state index contributed by atoms with van der Waals surface area (Å²) >= 11 is 0. The minimum absolute atomic E-state index is 0.151. The Balaban J connectivity index is 1.75. The predicted molar refractivity (Wildman–Crippen MR) is 90.1 cm³/mol. The van der Waals surface area contributed by atoms with Crippen LogP contribution in [0.1, 0.15) is 35.6 Å². The maximum absolute atomic E-state index is 6.24. The van der Waals surface area contributed by atoms with E-state index in [1.54, 1.807) is 0 Å². The summed E-state index contributed by atoms with van der Waals surface area (Å²) in [5, 5.41) is 0. The van der Waals surface area contributed by atoms with Crippen LogP contribution >= 0.6 is 0 Å². The summed E-state index contributed by atoms with van der Waals surface area (Å²) in [5.41, 5.74) is 10.3. The maximum atomic E-state index is 6.24. The van der Waals surface area contributed by atoms with Gasteiger partial charge in [-0.05, 0) is 50.0 Å². The Hall–Kier alpha value is -1.64. The SMILES string of the molecule is Cc1ccccc1CN(C)CCCC(N)c1ccccc1. The van der Waals surface area contributed by atoms with Crippen LogP contribution in [-0.4, -0.2) is 18.5 Å². The molecule has 2 nitrogen and oxygen atoms in total. The predicted octanol–water partition coefficient (Wildman–Crippen LogP) is 3.91. The van der Waals surface area contributed by atoms with Crippen molar-refractivity contribution < 1.29 is 0 Å². The van der Waals surface area contributed by atoms with Gasteiger partial charge in [0.05, 0.1) is 0 Å². The fraction of sp³-hybridized carbons (Fsp3) is 0.368. The van der Waals surface area contributed by atoms with Crippen LogP contribution in [0, 0.1) is 6.92 Å². The molecule has 0 aliphatic rings. The maximum Gasteiger partial charge on any atom is 0.0295 e. The van der Waals surface area contributed by atoms with Gasteiger partial charge in [-0.1, -0.05) is 54.6 Å². The first kappa shape index (κ1) is 15.7. The van der Waals surface area contributed by atoms with Gasteiger partial charge in [0.1, 0.15) is 0 Å². The van der Waals surface area contributed by atoms with Crippen LogP contribution < -0.4 is 5.73 Å².